The molecule has 1 N–H and O–H groups in total. The first-order chi connectivity index (χ1) is 13.9. The van der Waals surface area contributed by atoms with Crippen LogP contribution in [0.25, 0.3) is 5.69 Å². The number of aryl methyl sites for hydroxylation is 2. The Balaban J connectivity index is 1.84. The van der Waals surface area contributed by atoms with Crippen molar-refractivity contribution >= 4 is 23.4 Å². The van der Waals surface area contributed by atoms with E-state index in [9.17, 15) is 9.90 Å². The summed E-state index contributed by atoms with van der Waals surface area (Å²) in [5, 5.41) is 18.9. The van der Waals surface area contributed by atoms with E-state index in [2.05, 4.69) is 10.6 Å². The number of para-hydroxylation sites is 1. The molecule has 0 radical (unpaired) electrons. The SMILES string of the molecule is CCC(Sc1c([O-])on[n+]1-c1ccc(OC)cc1)C(=O)Nc1c(C)cccc1C. The summed E-state index contributed by atoms with van der Waals surface area (Å²) in [5.74, 6) is -0.0604. The maximum atomic E-state index is 12.9. The number of amides is 1. The van der Waals surface area contributed by atoms with Gasteiger partial charge in [-0.05, 0) is 60.0 Å². The topological polar surface area (TPSA) is 91.3 Å². The summed E-state index contributed by atoms with van der Waals surface area (Å²) in [6.45, 7) is 5.80. The lowest BCUT2D eigenvalue weighted by Crippen LogP contribution is -2.36. The van der Waals surface area contributed by atoms with Crippen molar-refractivity contribution in [2.75, 3.05) is 12.4 Å². The van der Waals surface area contributed by atoms with Gasteiger partial charge in [-0.3, -0.25) is 4.79 Å². The first-order valence-electron chi connectivity index (χ1n) is 9.21. The van der Waals surface area contributed by atoms with Gasteiger partial charge in [0.15, 0.2) is 5.95 Å². The largest absolute Gasteiger partial charge is 0.538 e. The minimum absolute atomic E-state index is 0.170. The summed E-state index contributed by atoms with van der Waals surface area (Å²) in [6, 6.07) is 12.9. The summed E-state index contributed by atoms with van der Waals surface area (Å²) < 4.78 is 11.4. The quantitative estimate of drug-likeness (QED) is 0.473. The van der Waals surface area contributed by atoms with Gasteiger partial charge in [0.2, 0.25) is 11.6 Å². The molecular weight excluding hydrogens is 390 g/mol. The van der Waals surface area contributed by atoms with Crippen molar-refractivity contribution in [2.45, 2.75) is 37.5 Å². The van der Waals surface area contributed by atoms with Crippen molar-refractivity contribution in [2.24, 2.45) is 0 Å². The normalized spacial score (nSPS) is 11.9. The minimum Gasteiger partial charge on any atom is -0.538 e. The fraction of sp³-hybridized carbons (Fsp3) is 0.286. The van der Waals surface area contributed by atoms with E-state index in [0.29, 0.717) is 17.9 Å². The zero-order chi connectivity index (χ0) is 21.0. The molecule has 1 unspecified atom stereocenters. The summed E-state index contributed by atoms with van der Waals surface area (Å²) in [5.41, 5.74) is 3.42. The molecule has 1 aromatic heterocycles. The Kier molecular flexibility index (Phi) is 6.43. The van der Waals surface area contributed by atoms with Gasteiger partial charge in [-0.15, -0.1) is 0 Å². The number of nitrogens with one attached hydrogen (secondary N) is 1. The van der Waals surface area contributed by atoms with Gasteiger partial charge in [0.25, 0.3) is 5.03 Å². The summed E-state index contributed by atoms with van der Waals surface area (Å²) in [6.07, 6.45) is 0.536. The molecule has 2 aromatic carbocycles. The van der Waals surface area contributed by atoms with Crippen LogP contribution in [0.4, 0.5) is 5.69 Å². The van der Waals surface area contributed by atoms with E-state index in [1.807, 2.05) is 39.0 Å². The smallest absolute Gasteiger partial charge is 0.298 e. The number of aromatic nitrogens is 2. The lowest BCUT2D eigenvalue weighted by Gasteiger charge is -2.16. The van der Waals surface area contributed by atoms with Crippen molar-refractivity contribution in [3.63, 3.8) is 0 Å². The lowest BCUT2D eigenvalue weighted by atomic mass is 10.1. The highest BCUT2D eigenvalue weighted by Gasteiger charge is 2.28. The number of ether oxygens (including phenoxy) is 1. The minimum atomic E-state index is -0.579. The Labute approximate surface area is 173 Å². The highest BCUT2D eigenvalue weighted by atomic mass is 32.2. The third kappa shape index (κ3) is 4.54. The molecule has 0 aliphatic rings. The van der Waals surface area contributed by atoms with Crippen molar-refractivity contribution < 1.29 is 23.8 Å². The number of hydrogen-bond acceptors (Lipinski definition) is 6. The van der Waals surface area contributed by atoms with Crippen LogP contribution in [0.15, 0.2) is 52.0 Å². The molecule has 0 aliphatic carbocycles. The Morgan fingerprint density at radius 1 is 1.24 bits per heavy atom. The lowest BCUT2D eigenvalue weighted by molar-refractivity contribution is -0.705. The molecule has 0 fully saturated rings. The molecule has 1 atom stereocenters. The van der Waals surface area contributed by atoms with Crippen LogP contribution in [0.2, 0.25) is 0 Å². The summed E-state index contributed by atoms with van der Waals surface area (Å²) in [7, 11) is 1.58. The number of rotatable bonds is 7. The van der Waals surface area contributed by atoms with E-state index in [1.165, 1.54) is 4.68 Å². The van der Waals surface area contributed by atoms with Crippen molar-refractivity contribution in [1.29, 1.82) is 0 Å². The molecule has 3 aromatic rings. The van der Waals surface area contributed by atoms with Crippen LogP contribution in [0, 0.1) is 13.8 Å². The number of benzene rings is 2. The highest BCUT2D eigenvalue weighted by Crippen LogP contribution is 2.30. The Morgan fingerprint density at radius 2 is 1.90 bits per heavy atom. The molecule has 0 saturated heterocycles. The van der Waals surface area contributed by atoms with Crippen LogP contribution < -0.4 is 19.8 Å². The number of thioether (sulfide) groups is 1. The monoisotopic (exact) mass is 413 g/mol. The van der Waals surface area contributed by atoms with Gasteiger partial charge in [0.1, 0.15) is 5.75 Å². The Morgan fingerprint density at radius 3 is 2.48 bits per heavy atom. The molecule has 1 heterocycles. The van der Waals surface area contributed by atoms with Crippen molar-refractivity contribution in [3.8, 4) is 17.4 Å². The third-order valence-electron chi connectivity index (χ3n) is 4.54. The maximum absolute atomic E-state index is 12.9. The van der Waals surface area contributed by atoms with Crippen molar-refractivity contribution in [3.05, 3.63) is 53.6 Å². The highest BCUT2D eigenvalue weighted by molar-refractivity contribution is 8.00. The van der Waals surface area contributed by atoms with E-state index < -0.39 is 11.2 Å². The van der Waals surface area contributed by atoms with Crippen molar-refractivity contribution in [1.82, 2.24) is 5.27 Å². The number of nitrogens with zero attached hydrogens (tertiary/aromatic N) is 2. The molecular formula is C21H23N3O4S. The molecule has 29 heavy (non-hydrogen) atoms. The number of hydrogen-bond donors (Lipinski definition) is 1. The predicted molar refractivity (Wildman–Crippen MR) is 109 cm³/mol. The number of anilines is 1. The van der Waals surface area contributed by atoms with E-state index in [0.717, 1.165) is 28.6 Å². The summed E-state index contributed by atoms with van der Waals surface area (Å²) in [4.78, 5) is 12.9. The fourth-order valence-electron chi connectivity index (χ4n) is 2.90. The maximum Gasteiger partial charge on any atom is 0.298 e. The second kappa shape index (κ2) is 9.00. The molecule has 3 rings (SSSR count). The second-order valence-corrected chi connectivity index (χ2v) is 7.74. The van der Waals surface area contributed by atoms with Gasteiger partial charge < -0.3 is 19.7 Å². The van der Waals surface area contributed by atoms with Crippen LogP contribution in [-0.4, -0.2) is 23.5 Å². The second-order valence-electron chi connectivity index (χ2n) is 6.55. The number of carbonyl (C=O) groups is 1. The Bertz CT molecular complexity index is 981. The first kappa shape index (κ1) is 20.7. The van der Waals surface area contributed by atoms with Gasteiger partial charge >= 0.3 is 0 Å². The summed E-state index contributed by atoms with van der Waals surface area (Å²) >= 11 is 1.14. The van der Waals surface area contributed by atoms with Crippen LogP contribution in [0.5, 0.6) is 11.7 Å². The van der Waals surface area contributed by atoms with E-state index in [4.69, 9.17) is 9.26 Å². The standard InChI is InChI=1S/C21H23N3O4S/c1-5-17(19(25)22-18-13(2)7-6-8-14(18)3)29-20-21(26)28-23-24(20)15-9-11-16(27-4)12-10-15/h6-12,17H,5H2,1-4H3,(H-,22,23,25,26). The zero-order valence-electron chi connectivity index (χ0n) is 16.8. The van der Waals surface area contributed by atoms with Crippen LogP contribution in [0.1, 0.15) is 24.5 Å². The van der Waals surface area contributed by atoms with Gasteiger partial charge in [-0.2, -0.15) is 0 Å². The average molecular weight is 413 g/mol. The van der Waals surface area contributed by atoms with E-state index >= 15 is 0 Å². The number of carbonyl (C=O) groups excluding carboxylic acids is 1. The molecule has 152 valence electrons. The fourth-order valence-corrected chi connectivity index (χ4v) is 3.87. The van der Waals surface area contributed by atoms with Gasteiger partial charge in [-0.1, -0.05) is 25.1 Å². The van der Waals surface area contributed by atoms with Crippen LogP contribution >= 0.6 is 11.8 Å². The molecule has 7 nitrogen and oxygen atoms in total. The first-order valence-corrected chi connectivity index (χ1v) is 10.1. The van der Waals surface area contributed by atoms with Crippen LogP contribution in [-0.2, 0) is 4.79 Å². The molecule has 0 bridgehead atoms. The van der Waals surface area contributed by atoms with E-state index in [-0.39, 0.29) is 10.9 Å². The number of methoxy groups -OCH3 is 1. The van der Waals surface area contributed by atoms with Gasteiger partial charge in [-0.25, -0.2) is 0 Å². The molecule has 8 heteroatoms. The molecule has 0 saturated carbocycles. The zero-order valence-corrected chi connectivity index (χ0v) is 17.6. The van der Waals surface area contributed by atoms with Gasteiger partial charge in [0, 0.05) is 17.8 Å². The molecule has 0 aliphatic heterocycles. The Hall–Kier alpha value is -3.00. The van der Waals surface area contributed by atoms with E-state index in [1.54, 1.807) is 31.4 Å². The third-order valence-corrected chi connectivity index (χ3v) is 5.93. The van der Waals surface area contributed by atoms with Crippen LogP contribution in [0.3, 0.4) is 0 Å². The molecule has 0 spiro atoms. The average Bonchev–Trinajstić information content (AvgIpc) is 3.09. The van der Waals surface area contributed by atoms with Gasteiger partial charge in [0.05, 0.1) is 17.6 Å². The molecule has 1 amide bonds. The predicted octanol–water partition coefficient (Wildman–Crippen LogP) is 3.16.